The molecule has 0 aliphatic heterocycles. The third kappa shape index (κ3) is 22.8. The van der Waals surface area contributed by atoms with Crippen LogP contribution in [0.25, 0.3) is 0 Å². The molecule has 0 fully saturated rings. The number of hydrogen-bond donors (Lipinski definition) is 0. The molecule has 0 N–H and O–H groups in total. The molecule has 0 heterocycles. The monoisotopic (exact) mass is 318 g/mol. The van der Waals surface area contributed by atoms with Crippen molar-refractivity contribution in [3.8, 4) is 0 Å². The Morgan fingerprint density at radius 3 is 1.45 bits per heavy atom. The Bertz CT molecular complexity index is 384. The van der Waals surface area contributed by atoms with E-state index in [2.05, 4.69) is 25.5 Å². The fraction of sp³-hybridized carbons (Fsp3) is 0.571. The van der Waals surface area contributed by atoms with E-state index in [1.165, 1.54) is 27.7 Å². The second-order valence-corrected chi connectivity index (χ2v) is 3.95. The minimum absolute atomic E-state index is 0.0745. The average molecular weight is 318 g/mol. The first kappa shape index (κ1) is 21.9. The van der Waals surface area contributed by atoms with Crippen molar-refractivity contribution in [3.63, 3.8) is 0 Å². The molecule has 8 nitrogen and oxygen atoms in total. The molecule has 22 heavy (non-hydrogen) atoms. The topological polar surface area (TPSA) is 105 Å². The Labute approximate surface area is 129 Å². The summed E-state index contributed by atoms with van der Waals surface area (Å²) < 4.78 is 18.2. The van der Waals surface area contributed by atoms with Crippen molar-refractivity contribution in [1.29, 1.82) is 0 Å². The lowest BCUT2D eigenvalue weighted by atomic mass is 10.5. The van der Waals surface area contributed by atoms with Crippen molar-refractivity contribution in [3.05, 3.63) is 12.3 Å². The van der Waals surface area contributed by atoms with E-state index in [0.29, 0.717) is 19.6 Å². The number of rotatable bonds is 7. The highest BCUT2D eigenvalue weighted by Gasteiger charge is 2.00. The van der Waals surface area contributed by atoms with E-state index in [1.807, 2.05) is 0 Å². The molecule has 0 atom stereocenters. The maximum atomic E-state index is 10.3. The van der Waals surface area contributed by atoms with Gasteiger partial charge in [0.2, 0.25) is 0 Å². The predicted molar refractivity (Wildman–Crippen MR) is 75.4 cm³/mol. The van der Waals surface area contributed by atoms with E-state index in [9.17, 15) is 19.2 Å². The molecule has 0 spiro atoms. The highest BCUT2D eigenvalue weighted by molar-refractivity contribution is 5.68. The molecule has 0 aromatic heterocycles. The molecular weight excluding hydrogens is 296 g/mol. The van der Waals surface area contributed by atoms with Gasteiger partial charge in [0.25, 0.3) is 0 Å². The molecule has 8 heteroatoms. The highest BCUT2D eigenvalue weighted by atomic mass is 16.6. The minimum Gasteiger partial charge on any atom is -0.466 e. The molecule has 0 aliphatic rings. The first-order chi connectivity index (χ1) is 10.1. The number of esters is 4. The van der Waals surface area contributed by atoms with Crippen LogP contribution in [0.4, 0.5) is 0 Å². The normalized spacial score (nSPS) is 8.73. The molecule has 0 unspecified atom stereocenters. The van der Waals surface area contributed by atoms with Crippen LogP contribution in [0, 0.1) is 0 Å². The first-order valence-corrected chi connectivity index (χ1v) is 6.41. The van der Waals surface area contributed by atoms with Crippen LogP contribution in [-0.2, 0) is 38.1 Å². The molecule has 126 valence electrons. The van der Waals surface area contributed by atoms with Gasteiger partial charge >= 0.3 is 23.9 Å². The fourth-order valence-electron chi connectivity index (χ4n) is 0.906. The summed E-state index contributed by atoms with van der Waals surface area (Å²) in [7, 11) is 0. The van der Waals surface area contributed by atoms with Crippen molar-refractivity contribution in [2.24, 2.45) is 0 Å². The lowest BCUT2D eigenvalue weighted by Crippen LogP contribution is -2.07. The van der Waals surface area contributed by atoms with E-state index in [0.717, 1.165) is 0 Å². The third-order valence-electron chi connectivity index (χ3n) is 1.62. The van der Waals surface area contributed by atoms with E-state index in [1.54, 1.807) is 0 Å². The van der Waals surface area contributed by atoms with Crippen molar-refractivity contribution in [2.45, 2.75) is 34.1 Å². The fourth-order valence-corrected chi connectivity index (χ4v) is 0.906. The van der Waals surface area contributed by atoms with E-state index >= 15 is 0 Å². The van der Waals surface area contributed by atoms with Gasteiger partial charge in [-0.15, -0.1) is 0 Å². The summed E-state index contributed by atoms with van der Waals surface area (Å²) in [5.74, 6) is -1.39. The number of hydrogen-bond acceptors (Lipinski definition) is 8. The van der Waals surface area contributed by atoms with Crippen LogP contribution < -0.4 is 0 Å². The number of ether oxygens (including phenoxy) is 4. The van der Waals surface area contributed by atoms with Gasteiger partial charge in [-0.1, -0.05) is 6.58 Å². The minimum atomic E-state index is -0.470. The summed E-state index contributed by atoms with van der Waals surface area (Å²) in [4.78, 5) is 40.9. The van der Waals surface area contributed by atoms with Crippen LogP contribution in [0.5, 0.6) is 0 Å². The molecule has 0 aliphatic carbocycles. The number of carbonyl (C=O) groups is 4. The molecule has 0 saturated heterocycles. The highest BCUT2D eigenvalue weighted by Crippen LogP contribution is 1.94. The molecule has 0 bridgehead atoms. The molecule has 0 aromatic carbocycles. The van der Waals surface area contributed by atoms with E-state index in [-0.39, 0.29) is 24.3 Å². The van der Waals surface area contributed by atoms with Gasteiger partial charge in [-0.25, -0.2) is 0 Å². The Morgan fingerprint density at radius 2 is 1.14 bits per heavy atom. The molecule has 0 saturated carbocycles. The van der Waals surface area contributed by atoms with Crippen LogP contribution in [0.1, 0.15) is 34.1 Å². The SMILES string of the molecule is C=C(COC(C)=O)OC(C)=O.CC(=O)OCCCOC(C)=O. The Kier molecular flexibility index (Phi) is 13.5. The van der Waals surface area contributed by atoms with Crippen LogP contribution in [0.15, 0.2) is 12.3 Å². The average Bonchev–Trinajstić information content (AvgIpc) is 2.35. The Hall–Kier alpha value is -2.38. The lowest BCUT2D eigenvalue weighted by Gasteiger charge is -2.03. The lowest BCUT2D eigenvalue weighted by molar-refractivity contribution is -0.145. The maximum absolute atomic E-state index is 10.3. The summed E-state index contributed by atoms with van der Waals surface area (Å²) >= 11 is 0. The molecule has 0 amide bonds. The van der Waals surface area contributed by atoms with Crippen molar-refractivity contribution in [1.82, 2.24) is 0 Å². The zero-order valence-electron chi connectivity index (χ0n) is 13.3. The van der Waals surface area contributed by atoms with Gasteiger partial charge in [-0.05, 0) is 0 Å². The van der Waals surface area contributed by atoms with Gasteiger partial charge in [0.15, 0.2) is 0 Å². The molecule has 0 rings (SSSR count). The van der Waals surface area contributed by atoms with E-state index in [4.69, 9.17) is 0 Å². The molecule has 0 radical (unpaired) electrons. The summed E-state index contributed by atoms with van der Waals surface area (Å²) in [6.07, 6.45) is 0.555. The van der Waals surface area contributed by atoms with Gasteiger partial charge < -0.3 is 18.9 Å². The Balaban J connectivity index is 0. The van der Waals surface area contributed by atoms with Gasteiger partial charge in [-0.2, -0.15) is 0 Å². The zero-order valence-corrected chi connectivity index (χ0v) is 13.3. The van der Waals surface area contributed by atoms with Crippen LogP contribution in [-0.4, -0.2) is 43.7 Å². The standard InChI is InChI=1S/C7H10O4.C7H12O4/c1-5(11-7(3)9)4-10-6(2)8;1-6(8)10-4-3-5-11-7(2)9/h1,4H2,2-3H3;3-5H2,1-2H3. The van der Waals surface area contributed by atoms with Gasteiger partial charge in [0, 0.05) is 34.1 Å². The second kappa shape index (κ2) is 13.6. The van der Waals surface area contributed by atoms with Gasteiger partial charge in [-0.3, -0.25) is 19.2 Å². The first-order valence-electron chi connectivity index (χ1n) is 6.41. The van der Waals surface area contributed by atoms with Crippen molar-refractivity contribution < 1.29 is 38.1 Å². The van der Waals surface area contributed by atoms with Gasteiger partial charge in [0.05, 0.1) is 13.2 Å². The smallest absolute Gasteiger partial charge is 0.307 e. The predicted octanol–water partition coefficient (Wildman–Crippen LogP) is 1.13. The van der Waals surface area contributed by atoms with E-state index < -0.39 is 11.9 Å². The van der Waals surface area contributed by atoms with Crippen molar-refractivity contribution in [2.75, 3.05) is 19.8 Å². The largest absolute Gasteiger partial charge is 0.466 e. The van der Waals surface area contributed by atoms with Crippen LogP contribution in [0.2, 0.25) is 0 Å². The zero-order chi connectivity index (χ0) is 17.5. The quantitative estimate of drug-likeness (QED) is 0.298. The van der Waals surface area contributed by atoms with Crippen molar-refractivity contribution >= 4 is 23.9 Å². The molecule has 0 aromatic rings. The second-order valence-electron chi connectivity index (χ2n) is 3.95. The summed E-state index contributed by atoms with van der Waals surface area (Å²) in [5, 5.41) is 0. The summed E-state index contributed by atoms with van der Waals surface area (Å²) in [5.41, 5.74) is 0. The third-order valence-corrected chi connectivity index (χ3v) is 1.62. The Morgan fingerprint density at radius 1 is 0.727 bits per heavy atom. The number of carbonyl (C=O) groups excluding carboxylic acids is 4. The maximum Gasteiger partial charge on any atom is 0.307 e. The summed E-state index contributed by atoms with van der Waals surface area (Å²) in [6, 6.07) is 0. The van der Waals surface area contributed by atoms with Crippen LogP contribution >= 0.6 is 0 Å². The summed E-state index contributed by atoms with van der Waals surface area (Å²) in [6.45, 7) is 9.08. The van der Waals surface area contributed by atoms with Crippen LogP contribution in [0.3, 0.4) is 0 Å². The van der Waals surface area contributed by atoms with Gasteiger partial charge in [0.1, 0.15) is 12.4 Å². The molecular formula is C14H22O8.